The molecular formula is C18H23N3O3. The lowest BCUT2D eigenvalue weighted by Crippen LogP contribution is -2.34. The third-order valence-electron chi connectivity index (χ3n) is 3.83. The Kier molecular flexibility index (Phi) is 6.26. The van der Waals surface area contributed by atoms with Crippen LogP contribution in [0.2, 0.25) is 0 Å². The van der Waals surface area contributed by atoms with Gasteiger partial charge in [0.1, 0.15) is 0 Å². The minimum atomic E-state index is -0.655. The summed E-state index contributed by atoms with van der Waals surface area (Å²) in [6.07, 6.45) is 2.97. The molecule has 0 fully saturated rings. The van der Waals surface area contributed by atoms with Gasteiger partial charge in [0.25, 0.3) is 11.7 Å². The van der Waals surface area contributed by atoms with E-state index in [2.05, 4.69) is 10.4 Å². The van der Waals surface area contributed by atoms with Crippen LogP contribution in [-0.2, 0) is 11.3 Å². The second kappa shape index (κ2) is 8.40. The molecule has 0 saturated carbocycles. The standard InChI is InChI=1S/C18H23N3O3/c1-3-21-12-16(11-20-21)17(23)18(24)19-10-15(9-13(2)22)14-7-5-4-6-8-14/h4-8,11-13,15,22H,3,9-10H2,1-2H3,(H,19,24). The molecule has 0 bridgehead atoms. The molecule has 0 aliphatic heterocycles. The molecule has 128 valence electrons. The highest BCUT2D eigenvalue weighted by Crippen LogP contribution is 2.20. The monoisotopic (exact) mass is 329 g/mol. The fourth-order valence-corrected chi connectivity index (χ4v) is 2.56. The lowest BCUT2D eigenvalue weighted by molar-refractivity contribution is -0.117. The molecule has 24 heavy (non-hydrogen) atoms. The minimum absolute atomic E-state index is 0.0543. The van der Waals surface area contributed by atoms with Gasteiger partial charge >= 0.3 is 0 Å². The van der Waals surface area contributed by atoms with Crippen LogP contribution < -0.4 is 5.32 Å². The number of aromatic nitrogens is 2. The van der Waals surface area contributed by atoms with Crippen LogP contribution >= 0.6 is 0 Å². The number of carbonyl (C=O) groups is 2. The van der Waals surface area contributed by atoms with E-state index in [1.54, 1.807) is 17.8 Å². The Bertz CT molecular complexity index is 680. The van der Waals surface area contributed by atoms with Gasteiger partial charge in [-0.15, -0.1) is 0 Å². The normalized spacial score (nSPS) is 13.3. The van der Waals surface area contributed by atoms with Gasteiger partial charge in [0.05, 0.1) is 17.9 Å². The van der Waals surface area contributed by atoms with Crippen molar-refractivity contribution in [1.29, 1.82) is 0 Å². The quantitative estimate of drug-likeness (QED) is 0.571. The number of benzene rings is 1. The van der Waals surface area contributed by atoms with Gasteiger partial charge in [-0.1, -0.05) is 30.3 Å². The third-order valence-corrected chi connectivity index (χ3v) is 3.83. The van der Waals surface area contributed by atoms with Crippen molar-refractivity contribution < 1.29 is 14.7 Å². The maximum atomic E-state index is 12.1. The Labute approximate surface area is 141 Å². The van der Waals surface area contributed by atoms with Crippen LogP contribution in [0.4, 0.5) is 0 Å². The third kappa shape index (κ3) is 4.76. The summed E-state index contributed by atoms with van der Waals surface area (Å²) < 4.78 is 1.60. The number of aliphatic hydroxyl groups is 1. The lowest BCUT2D eigenvalue weighted by atomic mass is 9.93. The Balaban J connectivity index is 2.00. The summed E-state index contributed by atoms with van der Waals surface area (Å²) in [5, 5.41) is 16.4. The second-order valence-corrected chi connectivity index (χ2v) is 5.82. The van der Waals surface area contributed by atoms with Crippen LogP contribution in [0.5, 0.6) is 0 Å². The van der Waals surface area contributed by atoms with Gasteiger partial charge in [-0.3, -0.25) is 14.3 Å². The van der Waals surface area contributed by atoms with E-state index in [1.807, 2.05) is 37.3 Å². The van der Waals surface area contributed by atoms with Crippen molar-refractivity contribution in [3.63, 3.8) is 0 Å². The fourth-order valence-electron chi connectivity index (χ4n) is 2.56. The van der Waals surface area contributed by atoms with E-state index in [-0.39, 0.29) is 11.5 Å². The van der Waals surface area contributed by atoms with E-state index in [4.69, 9.17) is 0 Å². The van der Waals surface area contributed by atoms with Gasteiger partial charge < -0.3 is 10.4 Å². The molecule has 1 aromatic carbocycles. The van der Waals surface area contributed by atoms with Gasteiger partial charge in [-0.2, -0.15) is 5.10 Å². The molecule has 0 aliphatic rings. The highest BCUT2D eigenvalue weighted by molar-refractivity contribution is 6.42. The number of aliphatic hydroxyl groups excluding tert-OH is 1. The van der Waals surface area contributed by atoms with Crippen molar-refractivity contribution in [2.75, 3.05) is 6.54 Å². The van der Waals surface area contributed by atoms with Crippen LogP contribution in [0.3, 0.4) is 0 Å². The van der Waals surface area contributed by atoms with Crippen molar-refractivity contribution in [3.8, 4) is 0 Å². The molecular weight excluding hydrogens is 306 g/mol. The Morgan fingerprint density at radius 2 is 2.00 bits per heavy atom. The van der Waals surface area contributed by atoms with Gasteiger partial charge in [0.15, 0.2) is 0 Å². The zero-order valence-electron chi connectivity index (χ0n) is 14.0. The predicted octanol–water partition coefficient (Wildman–Crippen LogP) is 1.76. The summed E-state index contributed by atoms with van der Waals surface area (Å²) >= 11 is 0. The minimum Gasteiger partial charge on any atom is -0.393 e. The molecule has 0 aliphatic carbocycles. The lowest BCUT2D eigenvalue weighted by Gasteiger charge is -2.19. The summed E-state index contributed by atoms with van der Waals surface area (Å²) in [4.78, 5) is 24.2. The van der Waals surface area contributed by atoms with E-state index in [9.17, 15) is 14.7 Å². The van der Waals surface area contributed by atoms with Gasteiger partial charge in [0, 0.05) is 25.2 Å². The molecule has 6 heteroatoms. The molecule has 0 saturated heterocycles. The topological polar surface area (TPSA) is 84.2 Å². The molecule has 2 rings (SSSR count). The smallest absolute Gasteiger partial charge is 0.292 e. The molecule has 1 amide bonds. The maximum Gasteiger partial charge on any atom is 0.292 e. The van der Waals surface area contributed by atoms with Crippen molar-refractivity contribution in [2.24, 2.45) is 0 Å². The number of nitrogens with one attached hydrogen (secondary N) is 1. The summed E-state index contributed by atoms with van der Waals surface area (Å²) in [5.41, 5.74) is 1.30. The number of nitrogens with zero attached hydrogens (tertiary/aromatic N) is 2. The van der Waals surface area contributed by atoms with E-state index < -0.39 is 17.8 Å². The number of hydrogen-bond acceptors (Lipinski definition) is 4. The van der Waals surface area contributed by atoms with E-state index in [0.29, 0.717) is 19.5 Å². The highest BCUT2D eigenvalue weighted by Gasteiger charge is 2.20. The largest absolute Gasteiger partial charge is 0.393 e. The Morgan fingerprint density at radius 3 is 2.58 bits per heavy atom. The number of carbonyl (C=O) groups excluding carboxylic acids is 2. The Morgan fingerprint density at radius 1 is 1.29 bits per heavy atom. The van der Waals surface area contributed by atoms with E-state index in [1.165, 1.54) is 6.20 Å². The molecule has 0 spiro atoms. The zero-order chi connectivity index (χ0) is 17.5. The first-order valence-electron chi connectivity index (χ1n) is 8.09. The van der Waals surface area contributed by atoms with Gasteiger partial charge in [0.2, 0.25) is 0 Å². The molecule has 2 unspecified atom stereocenters. The van der Waals surface area contributed by atoms with Gasteiger partial charge in [-0.25, -0.2) is 0 Å². The van der Waals surface area contributed by atoms with Crippen LogP contribution in [-0.4, -0.2) is 39.2 Å². The summed E-state index contributed by atoms with van der Waals surface area (Å²) in [6, 6.07) is 9.64. The van der Waals surface area contributed by atoms with Crippen molar-refractivity contribution >= 4 is 11.7 Å². The zero-order valence-corrected chi connectivity index (χ0v) is 14.0. The highest BCUT2D eigenvalue weighted by atomic mass is 16.3. The fraction of sp³-hybridized carbons (Fsp3) is 0.389. The van der Waals surface area contributed by atoms with E-state index in [0.717, 1.165) is 5.56 Å². The van der Waals surface area contributed by atoms with Crippen LogP contribution in [0, 0.1) is 0 Å². The number of amides is 1. The first-order valence-corrected chi connectivity index (χ1v) is 8.09. The average Bonchev–Trinajstić information content (AvgIpc) is 3.07. The Hall–Kier alpha value is -2.47. The van der Waals surface area contributed by atoms with E-state index >= 15 is 0 Å². The van der Waals surface area contributed by atoms with Gasteiger partial charge in [-0.05, 0) is 25.8 Å². The van der Waals surface area contributed by atoms with Crippen LogP contribution in [0.1, 0.15) is 42.1 Å². The van der Waals surface area contributed by atoms with Crippen molar-refractivity contribution in [1.82, 2.24) is 15.1 Å². The molecule has 1 aromatic heterocycles. The second-order valence-electron chi connectivity index (χ2n) is 5.82. The van der Waals surface area contributed by atoms with Crippen LogP contribution in [0.25, 0.3) is 0 Å². The summed E-state index contributed by atoms with van der Waals surface area (Å²) in [6.45, 7) is 4.55. The number of Topliss-reactive ketones (excluding diaryl/α,β-unsaturated/α-hetero) is 1. The molecule has 2 aromatic rings. The van der Waals surface area contributed by atoms with Crippen molar-refractivity contribution in [2.45, 2.75) is 38.8 Å². The van der Waals surface area contributed by atoms with Crippen molar-refractivity contribution in [3.05, 3.63) is 53.9 Å². The molecule has 1 heterocycles. The number of aryl methyl sites for hydroxylation is 1. The molecule has 6 nitrogen and oxygen atoms in total. The average molecular weight is 329 g/mol. The molecule has 0 radical (unpaired) electrons. The summed E-state index contributed by atoms with van der Waals surface area (Å²) in [7, 11) is 0. The maximum absolute atomic E-state index is 12.1. The first kappa shape index (κ1) is 17.9. The summed E-state index contributed by atoms with van der Waals surface area (Å²) in [5.74, 6) is -1.31. The predicted molar refractivity (Wildman–Crippen MR) is 90.7 cm³/mol. The van der Waals surface area contributed by atoms with Crippen LogP contribution in [0.15, 0.2) is 42.7 Å². The molecule has 2 atom stereocenters. The SMILES string of the molecule is CCn1cc(C(=O)C(=O)NCC(CC(C)O)c2ccccc2)cn1. The molecule has 2 N–H and O–H groups in total. The number of hydrogen-bond donors (Lipinski definition) is 2. The number of ketones is 1. The number of rotatable bonds is 8. The first-order chi connectivity index (χ1) is 11.5.